The summed E-state index contributed by atoms with van der Waals surface area (Å²) >= 11 is 13.5. The summed E-state index contributed by atoms with van der Waals surface area (Å²) in [6, 6.07) is 1.96. The van der Waals surface area contributed by atoms with Crippen LogP contribution in [0, 0.1) is 22.7 Å². The van der Waals surface area contributed by atoms with Crippen LogP contribution < -0.4 is 10.1 Å². The largest absolute Gasteiger partial charge is 0.486 e. The predicted octanol–water partition coefficient (Wildman–Crippen LogP) is 5.36. The van der Waals surface area contributed by atoms with E-state index in [-0.39, 0.29) is 33.8 Å². The summed E-state index contributed by atoms with van der Waals surface area (Å²) in [6.07, 6.45) is 3.83. The number of nitrogens with one attached hydrogen (secondary N) is 1. The average Bonchev–Trinajstić information content (AvgIpc) is 3.07. The van der Waals surface area contributed by atoms with E-state index in [4.69, 9.17) is 32.7 Å². The third-order valence-corrected chi connectivity index (χ3v) is 10.3. The van der Waals surface area contributed by atoms with Crippen molar-refractivity contribution in [2.24, 2.45) is 22.7 Å². The van der Waals surface area contributed by atoms with E-state index in [0.29, 0.717) is 29.0 Å². The second-order valence-electron chi connectivity index (χ2n) is 10.7. The van der Waals surface area contributed by atoms with Crippen LogP contribution in [0.5, 0.6) is 5.75 Å². The molecular weight excluding hydrogens is 421 g/mol. The van der Waals surface area contributed by atoms with Crippen LogP contribution in [0.15, 0.2) is 6.07 Å². The van der Waals surface area contributed by atoms with Crippen LogP contribution in [-0.2, 0) is 17.7 Å². The molecule has 1 aromatic carbocycles. The average molecular weight is 452 g/mol. The van der Waals surface area contributed by atoms with E-state index in [0.717, 1.165) is 42.6 Å². The first-order valence-corrected chi connectivity index (χ1v) is 11.9. The topological polar surface area (TPSA) is 47.6 Å². The Bertz CT molecular complexity index is 932. The number of hydrogen-bond acceptors (Lipinski definition) is 3. The molecule has 6 heteroatoms. The van der Waals surface area contributed by atoms with Crippen molar-refractivity contribution < 1.29 is 14.3 Å². The smallest absolute Gasteiger partial charge is 0.253 e. The third kappa shape index (κ3) is 2.42. The van der Waals surface area contributed by atoms with Crippen LogP contribution in [-0.4, -0.2) is 30.1 Å². The van der Waals surface area contributed by atoms with Gasteiger partial charge in [-0.3, -0.25) is 4.79 Å². The highest BCUT2D eigenvalue weighted by molar-refractivity contribution is 6.34. The number of hydrogen-bond donors (Lipinski definition) is 1. The van der Waals surface area contributed by atoms with E-state index in [9.17, 15) is 4.79 Å². The molecule has 164 valence electrons. The molecule has 2 fully saturated rings. The maximum Gasteiger partial charge on any atom is 0.253 e. The molecule has 2 saturated carbocycles. The van der Waals surface area contributed by atoms with Gasteiger partial charge in [0, 0.05) is 37.0 Å². The van der Waals surface area contributed by atoms with E-state index >= 15 is 0 Å². The number of carbonyl (C=O) groups is 1. The van der Waals surface area contributed by atoms with Gasteiger partial charge >= 0.3 is 0 Å². The van der Waals surface area contributed by atoms with Crippen molar-refractivity contribution in [3.8, 4) is 5.75 Å². The molecule has 1 amide bonds. The molecule has 2 unspecified atom stereocenters. The lowest BCUT2D eigenvalue weighted by Gasteiger charge is -2.68. The number of alkyl halides is 1. The van der Waals surface area contributed by atoms with Gasteiger partial charge in [-0.25, -0.2) is 0 Å². The summed E-state index contributed by atoms with van der Waals surface area (Å²) in [4.78, 5) is 12.4. The van der Waals surface area contributed by atoms with Crippen LogP contribution in [0.2, 0.25) is 5.02 Å². The van der Waals surface area contributed by atoms with Gasteiger partial charge in [0.05, 0.1) is 22.1 Å². The molecule has 2 aliphatic heterocycles. The van der Waals surface area contributed by atoms with Crippen molar-refractivity contribution in [3.63, 3.8) is 0 Å². The van der Waals surface area contributed by atoms with Crippen LogP contribution >= 0.6 is 23.2 Å². The quantitative estimate of drug-likeness (QED) is 0.584. The van der Waals surface area contributed by atoms with E-state index in [2.05, 4.69) is 33.0 Å². The Morgan fingerprint density at radius 1 is 1.27 bits per heavy atom. The summed E-state index contributed by atoms with van der Waals surface area (Å²) in [5.41, 5.74) is 2.02. The van der Waals surface area contributed by atoms with E-state index in [1.807, 2.05) is 6.07 Å². The molecule has 5 rings (SSSR count). The molecule has 30 heavy (non-hydrogen) atoms. The Morgan fingerprint density at radius 3 is 2.70 bits per heavy atom. The second kappa shape index (κ2) is 6.52. The Hall–Kier alpha value is -0.970. The summed E-state index contributed by atoms with van der Waals surface area (Å²) in [5, 5.41) is 3.39. The van der Waals surface area contributed by atoms with E-state index in [1.165, 1.54) is 0 Å². The molecule has 1 aromatic rings. The first kappa shape index (κ1) is 20.9. The fourth-order valence-electron chi connectivity index (χ4n) is 7.21. The van der Waals surface area contributed by atoms with Gasteiger partial charge in [-0.15, -0.1) is 11.6 Å². The summed E-state index contributed by atoms with van der Waals surface area (Å²) in [5.74, 6) is 1.56. The van der Waals surface area contributed by atoms with Gasteiger partial charge in [0.2, 0.25) is 0 Å². The fraction of sp³-hybridized carbons (Fsp3) is 0.708. The number of fused-ring (bicyclic) bond motifs is 3. The van der Waals surface area contributed by atoms with Crippen LogP contribution in [0.4, 0.5) is 0 Å². The Morgan fingerprint density at radius 2 is 2.00 bits per heavy atom. The Kier molecular flexibility index (Phi) is 4.55. The van der Waals surface area contributed by atoms with Gasteiger partial charge in [-0.1, -0.05) is 39.3 Å². The lowest BCUT2D eigenvalue weighted by atomic mass is 9.43. The molecule has 1 spiro atoms. The molecule has 1 N–H and O–H groups in total. The number of carbonyl (C=O) groups excluding carboxylic acids is 1. The zero-order valence-electron chi connectivity index (χ0n) is 18.4. The zero-order valence-corrected chi connectivity index (χ0v) is 19.9. The zero-order chi connectivity index (χ0) is 21.6. The third-order valence-electron chi connectivity index (χ3n) is 9.15. The molecular formula is C24H31Cl2NO3. The maximum atomic E-state index is 12.4. The summed E-state index contributed by atoms with van der Waals surface area (Å²) in [7, 11) is 1.76. The lowest BCUT2D eigenvalue weighted by Crippen LogP contribution is -2.72. The van der Waals surface area contributed by atoms with Gasteiger partial charge in [-0.05, 0) is 42.2 Å². The Balaban J connectivity index is 1.74. The highest BCUT2D eigenvalue weighted by atomic mass is 35.5. The van der Waals surface area contributed by atoms with Gasteiger partial charge in [0.25, 0.3) is 5.91 Å². The van der Waals surface area contributed by atoms with Crippen molar-refractivity contribution in [2.45, 2.75) is 77.0 Å². The first-order chi connectivity index (χ1) is 14.1. The van der Waals surface area contributed by atoms with Crippen molar-refractivity contribution in [1.29, 1.82) is 0 Å². The highest BCUT2D eigenvalue weighted by Gasteiger charge is 2.69. The number of ether oxygens (including phenoxy) is 2. The fourth-order valence-corrected chi connectivity index (χ4v) is 7.89. The Labute approximate surface area is 189 Å². The van der Waals surface area contributed by atoms with Crippen molar-refractivity contribution in [2.75, 3.05) is 7.11 Å². The molecule has 6 atom stereocenters. The van der Waals surface area contributed by atoms with Gasteiger partial charge < -0.3 is 14.8 Å². The number of amides is 1. The van der Waals surface area contributed by atoms with Gasteiger partial charge in [-0.2, -0.15) is 0 Å². The van der Waals surface area contributed by atoms with Crippen molar-refractivity contribution in [1.82, 2.24) is 5.32 Å². The number of benzene rings is 1. The number of rotatable bonds is 1. The minimum atomic E-state index is -0.388. The van der Waals surface area contributed by atoms with E-state index < -0.39 is 0 Å². The van der Waals surface area contributed by atoms with Crippen LogP contribution in [0.1, 0.15) is 68.4 Å². The van der Waals surface area contributed by atoms with Gasteiger partial charge in [0.1, 0.15) is 11.4 Å². The van der Waals surface area contributed by atoms with Gasteiger partial charge in [0.15, 0.2) is 0 Å². The second-order valence-corrected chi connectivity index (χ2v) is 11.6. The molecule has 4 aliphatic rings. The van der Waals surface area contributed by atoms with Crippen molar-refractivity contribution >= 4 is 29.1 Å². The van der Waals surface area contributed by atoms with E-state index in [1.54, 1.807) is 7.11 Å². The molecule has 2 aliphatic carbocycles. The minimum Gasteiger partial charge on any atom is -0.486 e. The predicted molar refractivity (Wildman–Crippen MR) is 119 cm³/mol. The normalized spacial score (nSPS) is 41.1. The van der Waals surface area contributed by atoms with Crippen LogP contribution in [0.3, 0.4) is 0 Å². The SMILES string of the molecule is COC1C[C@@]23Oc4c(cc(Cl)c5c4CNC5=O)C[C@]2(C)[C@@H](C)CC[C@H]3C(C)(C)C1Cl. The molecule has 0 radical (unpaired) electrons. The lowest BCUT2D eigenvalue weighted by molar-refractivity contribution is -0.231. The molecule has 0 bridgehead atoms. The number of methoxy groups -OCH3 is 1. The summed E-state index contributed by atoms with van der Waals surface area (Å²) in [6.45, 7) is 9.76. The highest BCUT2D eigenvalue weighted by Crippen LogP contribution is 2.67. The minimum absolute atomic E-state index is 0.0679. The molecule has 0 aromatic heterocycles. The maximum absolute atomic E-state index is 12.4. The first-order valence-electron chi connectivity index (χ1n) is 11.0. The molecule has 4 nitrogen and oxygen atoms in total. The van der Waals surface area contributed by atoms with Crippen LogP contribution in [0.25, 0.3) is 0 Å². The van der Waals surface area contributed by atoms with Crippen molar-refractivity contribution in [3.05, 3.63) is 27.8 Å². The standard InChI is InChI=1S/C24H31Cl2NO3/c1-12-6-7-17-22(2,3)20(26)16(29-5)10-24(17)23(12,4)9-13-8-15(25)18-14(19(13)30-24)11-27-21(18)28/h8,12,16-17,20H,6-7,9-11H2,1-5H3,(H,27,28)/t12-,16?,17-,20?,23+,24-/m0/s1. The molecule has 2 heterocycles. The monoisotopic (exact) mass is 451 g/mol. The summed E-state index contributed by atoms with van der Waals surface area (Å²) < 4.78 is 13.1. The number of halogens is 2. The molecule has 0 saturated heterocycles.